The van der Waals surface area contributed by atoms with Gasteiger partial charge in [-0.15, -0.1) is 23.2 Å². The van der Waals surface area contributed by atoms with Gasteiger partial charge < -0.3 is 14.5 Å². The maximum absolute atomic E-state index is 8.27. The van der Waals surface area contributed by atoms with Crippen molar-refractivity contribution in [1.29, 1.82) is 0 Å². The minimum Gasteiger partial charge on any atom is -0.501 e. The van der Waals surface area contributed by atoms with E-state index in [-0.39, 0.29) is 24.9 Å². The van der Waals surface area contributed by atoms with Gasteiger partial charge in [0, 0.05) is 49.5 Å². The molecule has 3 saturated carbocycles. The standard InChI is InChI=1S/C42H59Cl2N2OP.Ru/c1-8-47-27-37-38(43)36(19-20-42(37,44)48(34-15-11-9-12-16-34)35-17-13-10-14-18-35)41-45(39-30(4)23-28(2)24-31(39)5)21-22-46(41)40-32(6)25-29(3)26-33(40)7;/h23-27,34-35,38H,8-22H2,1-7H3;. The van der Waals surface area contributed by atoms with Crippen LogP contribution >= 0.6 is 31.1 Å². The van der Waals surface area contributed by atoms with Gasteiger partial charge in [-0.1, -0.05) is 81.8 Å². The molecule has 3 nitrogen and oxygen atoms in total. The fourth-order valence-electron chi connectivity index (χ4n) is 9.91. The summed E-state index contributed by atoms with van der Waals surface area (Å²) in [5, 5.41) is -0.310. The Morgan fingerprint density at radius 1 is 0.755 bits per heavy atom. The quantitative estimate of drug-likeness (QED) is 0.120. The molecule has 0 spiro atoms. The molecule has 0 aromatic heterocycles. The number of alkyl halides is 2. The van der Waals surface area contributed by atoms with Crippen LogP contribution in [0.5, 0.6) is 0 Å². The van der Waals surface area contributed by atoms with E-state index in [9.17, 15) is 0 Å². The molecule has 0 radical (unpaired) electrons. The van der Waals surface area contributed by atoms with Gasteiger partial charge in [0.2, 0.25) is 0 Å². The van der Waals surface area contributed by atoms with Gasteiger partial charge in [-0.3, -0.25) is 0 Å². The molecule has 0 bridgehead atoms. The average Bonchev–Trinajstić information content (AvgIpc) is 3.44. The van der Waals surface area contributed by atoms with Crippen LogP contribution in [0, 0.1) is 41.5 Å². The largest absolute Gasteiger partial charge is 0.501 e. The van der Waals surface area contributed by atoms with Crippen molar-refractivity contribution < 1.29 is 24.2 Å². The molecule has 270 valence electrons. The first kappa shape index (κ1) is 39.2. The van der Waals surface area contributed by atoms with Crippen molar-refractivity contribution in [2.24, 2.45) is 0 Å². The smallest absolute Gasteiger partial charge is 0.114 e. The van der Waals surface area contributed by atoms with Gasteiger partial charge in [0.1, 0.15) is 5.82 Å². The van der Waals surface area contributed by atoms with Gasteiger partial charge in [-0.25, -0.2) is 0 Å². The van der Waals surface area contributed by atoms with E-state index in [0.717, 1.165) is 42.8 Å². The van der Waals surface area contributed by atoms with Gasteiger partial charge in [0.15, 0.2) is 0 Å². The maximum Gasteiger partial charge on any atom is 0.114 e. The summed E-state index contributed by atoms with van der Waals surface area (Å²) in [4.78, 5) is 5.19. The van der Waals surface area contributed by atoms with Gasteiger partial charge >= 0.3 is 0 Å². The van der Waals surface area contributed by atoms with Crippen LogP contribution in [0.2, 0.25) is 0 Å². The number of benzene rings is 2. The molecule has 3 aliphatic carbocycles. The Balaban J connectivity index is 0.00000468. The molecular formula is C42H59Cl2N2OPRu. The van der Waals surface area contributed by atoms with E-state index in [0.29, 0.717) is 6.61 Å². The molecular weight excluding hydrogens is 751 g/mol. The van der Waals surface area contributed by atoms with Gasteiger partial charge in [0.05, 0.1) is 22.9 Å². The second-order valence-corrected chi connectivity index (χ2v) is 19.7. The normalized spacial score (nSPS) is 25.0. The molecule has 4 aliphatic rings. The van der Waals surface area contributed by atoms with Crippen LogP contribution in [-0.4, -0.2) is 41.0 Å². The van der Waals surface area contributed by atoms with Gasteiger partial charge in [-0.05, 0) is 126 Å². The van der Waals surface area contributed by atoms with Crippen molar-refractivity contribution in [2.45, 2.75) is 147 Å². The summed E-state index contributed by atoms with van der Waals surface area (Å²) in [6.07, 6.45) is 17.3. The molecule has 2 unspecified atom stereocenters. The SMILES string of the molecule is CCOC=C1C(Cl)C(=C2N(c3c(C)cc(C)cc3C)CCN2c2c(C)cc(C)cc2C)CCC1(Cl)P(C1CCCCC1)C1CCCCC1.[Ru]. The van der Waals surface area contributed by atoms with Crippen LogP contribution in [-0.2, 0) is 24.2 Å². The predicted molar refractivity (Wildman–Crippen MR) is 211 cm³/mol. The van der Waals surface area contributed by atoms with Crippen LogP contribution in [0.3, 0.4) is 0 Å². The summed E-state index contributed by atoms with van der Waals surface area (Å²) in [7, 11) is -0.466. The molecule has 7 heteroatoms. The average molecular weight is 811 g/mol. The molecule has 1 heterocycles. The monoisotopic (exact) mass is 810 g/mol. The minimum absolute atomic E-state index is 0. The zero-order chi connectivity index (χ0) is 34.2. The first-order valence-corrected chi connectivity index (χ1v) is 21.2. The number of anilines is 2. The van der Waals surface area contributed by atoms with E-state index in [4.69, 9.17) is 27.9 Å². The molecule has 1 aliphatic heterocycles. The number of hydrogen-bond acceptors (Lipinski definition) is 3. The summed E-state index contributed by atoms with van der Waals surface area (Å²) >= 11 is 16.2. The van der Waals surface area contributed by atoms with E-state index < -0.39 is 12.5 Å². The molecule has 1 saturated heterocycles. The molecule has 2 aromatic carbocycles. The molecule has 6 rings (SSSR count). The van der Waals surface area contributed by atoms with E-state index in [1.54, 1.807) is 0 Å². The summed E-state index contributed by atoms with van der Waals surface area (Å²) in [5.74, 6) is 1.26. The van der Waals surface area contributed by atoms with Crippen LogP contribution < -0.4 is 9.80 Å². The topological polar surface area (TPSA) is 15.7 Å². The number of nitrogens with zero attached hydrogens (tertiary/aromatic N) is 2. The molecule has 0 amide bonds. The molecule has 2 atom stereocenters. The number of halogens is 2. The predicted octanol–water partition coefficient (Wildman–Crippen LogP) is 12.5. The minimum atomic E-state index is -0.466. The summed E-state index contributed by atoms with van der Waals surface area (Å²) in [6, 6.07) is 9.34. The Bertz CT molecular complexity index is 1410. The number of rotatable bonds is 7. The maximum atomic E-state index is 8.27. The Morgan fingerprint density at radius 3 is 1.59 bits per heavy atom. The third-order valence-corrected chi connectivity index (χ3v) is 17.0. The van der Waals surface area contributed by atoms with Crippen molar-refractivity contribution in [3.05, 3.63) is 80.9 Å². The van der Waals surface area contributed by atoms with Crippen LogP contribution in [0.4, 0.5) is 11.4 Å². The van der Waals surface area contributed by atoms with Gasteiger partial charge in [0.25, 0.3) is 0 Å². The van der Waals surface area contributed by atoms with E-state index in [1.165, 1.54) is 120 Å². The Morgan fingerprint density at radius 2 is 1.18 bits per heavy atom. The Hall–Kier alpha value is -1.05. The first-order chi connectivity index (χ1) is 23.0. The second-order valence-electron chi connectivity index (χ2n) is 15.3. The fraction of sp³-hybridized carbons (Fsp3) is 0.619. The molecule has 2 aromatic rings. The van der Waals surface area contributed by atoms with Crippen molar-refractivity contribution >= 4 is 42.5 Å². The zero-order valence-electron chi connectivity index (χ0n) is 31.1. The van der Waals surface area contributed by atoms with Crippen molar-refractivity contribution in [2.75, 3.05) is 29.5 Å². The third kappa shape index (κ3) is 7.85. The van der Waals surface area contributed by atoms with Crippen LogP contribution in [0.25, 0.3) is 0 Å². The van der Waals surface area contributed by atoms with Crippen molar-refractivity contribution in [3.8, 4) is 0 Å². The Kier molecular flexibility index (Phi) is 13.4. The Labute approximate surface area is 322 Å². The summed E-state index contributed by atoms with van der Waals surface area (Å²) in [5.41, 5.74) is 14.5. The van der Waals surface area contributed by atoms with Crippen molar-refractivity contribution in [3.63, 3.8) is 0 Å². The van der Waals surface area contributed by atoms with Crippen molar-refractivity contribution in [1.82, 2.24) is 0 Å². The second kappa shape index (κ2) is 16.7. The van der Waals surface area contributed by atoms with E-state index in [2.05, 4.69) is 82.5 Å². The molecule has 0 N–H and O–H groups in total. The first-order valence-electron chi connectivity index (χ1n) is 18.9. The summed E-state index contributed by atoms with van der Waals surface area (Å²) < 4.78 is 5.80. The zero-order valence-corrected chi connectivity index (χ0v) is 35.2. The van der Waals surface area contributed by atoms with E-state index in [1.807, 2.05) is 6.26 Å². The molecule has 49 heavy (non-hydrogen) atoms. The number of hydrogen-bond donors (Lipinski definition) is 0. The number of allylic oxidation sites excluding steroid dienone is 2. The number of aryl methyl sites for hydroxylation is 6. The number of ether oxygens (including phenoxy) is 1. The summed E-state index contributed by atoms with van der Waals surface area (Å²) in [6.45, 7) is 18.0. The molecule has 4 fully saturated rings. The van der Waals surface area contributed by atoms with Crippen LogP contribution in [0.1, 0.15) is 117 Å². The third-order valence-electron chi connectivity index (χ3n) is 11.6. The fourth-order valence-corrected chi connectivity index (χ4v) is 16.0. The van der Waals surface area contributed by atoms with E-state index >= 15 is 0 Å². The van der Waals surface area contributed by atoms with Gasteiger partial charge in [-0.2, -0.15) is 0 Å². The van der Waals surface area contributed by atoms with Crippen LogP contribution in [0.15, 0.2) is 47.5 Å².